The predicted octanol–water partition coefficient (Wildman–Crippen LogP) is 3.93. The van der Waals surface area contributed by atoms with Crippen LogP contribution in [0.1, 0.15) is 10.5 Å². The first kappa shape index (κ1) is 14.7. The van der Waals surface area contributed by atoms with Crippen LogP contribution in [0.25, 0.3) is 0 Å². The van der Waals surface area contributed by atoms with Crippen LogP contribution in [0.5, 0.6) is 0 Å². The van der Waals surface area contributed by atoms with Crippen LogP contribution in [0, 0.1) is 5.82 Å². The van der Waals surface area contributed by atoms with E-state index in [0.717, 1.165) is 6.07 Å². The highest BCUT2D eigenvalue weighted by molar-refractivity contribution is 9.10. The molecule has 0 saturated carbocycles. The van der Waals surface area contributed by atoms with E-state index in [0.29, 0.717) is 16.0 Å². The molecule has 0 atom stereocenters. The van der Waals surface area contributed by atoms with E-state index in [9.17, 15) is 9.18 Å². The molecule has 1 amide bonds. The third-order valence-electron chi connectivity index (χ3n) is 2.48. The fraction of sp³-hybridized carbons (Fsp3) is 0.0769. The summed E-state index contributed by atoms with van der Waals surface area (Å²) in [4.78, 5) is 16.2. The Kier molecular flexibility index (Phi) is 4.57. The minimum atomic E-state index is -0.491. The molecule has 0 unspecified atom stereocenters. The van der Waals surface area contributed by atoms with E-state index in [1.807, 2.05) is 0 Å². The summed E-state index contributed by atoms with van der Waals surface area (Å²) in [5, 5.41) is 5.55. The van der Waals surface area contributed by atoms with E-state index in [4.69, 9.17) is 11.6 Å². The number of nitrogens with zero attached hydrogens (tertiary/aromatic N) is 1. The summed E-state index contributed by atoms with van der Waals surface area (Å²) in [6, 6.07) is 7.35. The predicted molar refractivity (Wildman–Crippen MR) is 80.8 cm³/mol. The highest BCUT2D eigenvalue weighted by atomic mass is 79.9. The molecule has 0 fully saturated rings. The first-order valence-electron chi connectivity index (χ1n) is 5.62. The summed E-state index contributed by atoms with van der Waals surface area (Å²) in [6.07, 6.45) is 0. The number of halogens is 3. The normalized spacial score (nSPS) is 10.2. The Balaban J connectivity index is 2.28. The fourth-order valence-corrected chi connectivity index (χ4v) is 2.44. The molecule has 0 saturated heterocycles. The van der Waals surface area contributed by atoms with Gasteiger partial charge in [-0.15, -0.1) is 0 Å². The van der Waals surface area contributed by atoms with Gasteiger partial charge >= 0.3 is 0 Å². The van der Waals surface area contributed by atoms with Crippen molar-refractivity contribution in [3.63, 3.8) is 0 Å². The molecular weight excluding hydrogens is 349 g/mol. The Labute approximate surface area is 128 Å². The van der Waals surface area contributed by atoms with Crippen LogP contribution in [0.2, 0.25) is 5.02 Å². The molecule has 0 bridgehead atoms. The second-order valence-electron chi connectivity index (χ2n) is 3.86. The Bertz CT molecular complexity index is 643. The molecule has 1 aromatic carbocycles. The number of carbonyl (C=O) groups is 1. The lowest BCUT2D eigenvalue weighted by Crippen LogP contribution is -2.15. The van der Waals surface area contributed by atoms with E-state index >= 15 is 0 Å². The Morgan fingerprint density at radius 1 is 1.40 bits per heavy atom. The summed E-state index contributed by atoms with van der Waals surface area (Å²) >= 11 is 9.06. The van der Waals surface area contributed by atoms with E-state index < -0.39 is 11.7 Å². The van der Waals surface area contributed by atoms with Crippen LogP contribution in [-0.4, -0.2) is 17.9 Å². The largest absolute Gasteiger partial charge is 0.373 e. The van der Waals surface area contributed by atoms with Crippen LogP contribution in [0.4, 0.5) is 15.9 Å². The zero-order valence-corrected chi connectivity index (χ0v) is 12.7. The number of rotatable bonds is 3. The van der Waals surface area contributed by atoms with Gasteiger partial charge in [-0.25, -0.2) is 9.37 Å². The monoisotopic (exact) mass is 357 g/mol. The molecule has 20 heavy (non-hydrogen) atoms. The van der Waals surface area contributed by atoms with E-state index in [2.05, 4.69) is 31.5 Å². The molecule has 2 rings (SSSR count). The molecule has 4 nitrogen and oxygen atoms in total. The number of pyridine rings is 1. The van der Waals surface area contributed by atoms with Crippen molar-refractivity contribution in [1.82, 2.24) is 4.98 Å². The number of nitrogens with one attached hydrogen (secondary N) is 2. The van der Waals surface area contributed by atoms with E-state index in [1.165, 1.54) is 6.07 Å². The summed E-state index contributed by atoms with van der Waals surface area (Å²) < 4.78 is 13.5. The van der Waals surface area contributed by atoms with Gasteiger partial charge in [-0.1, -0.05) is 17.7 Å². The molecule has 1 heterocycles. The zero-order valence-electron chi connectivity index (χ0n) is 10.4. The van der Waals surface area contributed by atoms with Gasteiger partial charge in [0.2, 0.25) is 0 Å². The second kappa shape index (κ2) is 6.19. The summed E-state index contributed by atoms with van der Waals surface area (Å²) in [5.74, 6) is -0.353. The maximum Gasteiger partial charge on any atom is 0.274 e. The molecular formula is C13H10BrClFN3O. The maximum absolute atomic E-state index is 13.1. The molecule has 0 radical (unpaired) electrons. The number of aromatic nitrogens is 1. The summed E-state index contributed by atoms with van der Waals surface area (Å²) in [5.41, 5.74) is 0.527. The van der Waals surface area contributed by atoms with Crippen molar-refractivity contribution in [2.24, 2.45) is 0 Å². The van der Waals surface area contributed by atoms with Crippen LogP contribution in [-0.2, 0) is 0 Å². The topological polar surface area (TPSA) is 54.0 Å². The SMILES string of the molecule is CNc1cccc(C(=O)Nc2c(Cl)cc(F)cc2Br)n1. The van der Waals surface area contributed by atoms with Gasteiger partial charge in [-0.2, -0.15) is 0 Å². The van der Waals surface area contributed by atoms with Crippen molar-refractivity contribution in [2.75, 3.05) is 17.7 Å². The van der Waals surface area contributed by atoms with Gasteiger partial charge in [0.1, 0.15) is 17.3 Å². The van der Waals surface area contributed by atoms with Crippen molar-refractivity contribution in [1.29, 1.82) is 0 Å². The molecule has 7 heteroatoms. The molecule has 0 aliphatic heterocycles. The smallest absolute Gasteiger partial charge is 0.274 e. The van der Waals surface area contributed by atoms with Crippen molar-refractivity contribution < 1.29 is 9.18 Å². The van der Waals surface area contributed by atoms with Crippen LogP contribution >= 0.6 is 27.5 Å². The van der Waals surface area contributed by atoms with Crippen molar-refractivity contribution in [3.05, 3.63) is 51.3 Å². The van der Waals surface area contributed by atoms with Gasteiger partial charge in [0.25, 0.3) is 5.91 Å². The molecule has 0 aliphatic carbocycles. The summed E-state index contributed by atoms with van der Waals surface area (Å²) in [6.45, 7) is 0. The minimum absolute atomic E-state index is 0.106. The Hall–Kier alpha value is -1.66. The Morgan fingerprint density at radius 2 is 2.15 bits per heavy atom. The van der Waals surface area contributed by atoms with E-state index in [1.54, 1.807) is 25.2 Å². The maximum atomic E-state index is 13.1. The zero-order chi connectivity index (χ0) is 14.7. The number of hydrogen-bond donors (Lipinski definition) is 2. The number of carbonyl (C=O) groups excluding carboxylic acids is 1. The quantitative estimate of drug-likeness (QED) is 0.874. The number of benzene rings is 1. The summed E-state index contributed by atoms with van der Waals surface area (Å²) in [7, 11) is 1.71. The van der Waals surface area contributed by atoms with Gasteiger partial charge in [-0.3, -0.25) is 4.79 Å². The molecule has 2 aromatic rings. The van der Waals surface area contributed by atoms with Crippen molar-refractivity contribution in [2.45, 2.75) is 0 Å². The standard InChI is InChI=1S/C13H10BrClFN3O/c1-17-11-4-2-3-10(18-11)13(20)19-12-8(14)5-7(16)6-9(12)15/h2-6H,1H3,(H,17,18)(H,19,20). The lowest BCUT2D eigenvalue weighted by Gasteiger charge is -2.10. The highest BCUT2D eigenvalue weighted by Crippen LogP contribution is 2.31. The number of anilines is 2. The number of amides is 1. The van der Waals surface area contributed by atoms with Gasteiger partial charge in [0.15, 0.2) is 0 Å². The molecule has 0 aliphatic rings. The van der Waals surface area contributed by atoms with Gasteiger partial charge in [0, 0.05) is 11.5 Å². The first-order chi connectivity index (χ1) is 9.51. The molecule has 104 valence electrons. The molecule has 2 N–H and O–H groups in total. The average molecular weight is 359 g/mol. The Morgan fingerprint density at radius 3 is 2.80 bits per heavy atom. The van der Waals surface area contributed by atoms with Crippen molar-refractivity contribution in [3.8, 4) is 0 Å². The third-order valence-corrected chi connectivity index (χ3v) is 3.41. The molecule has 1 aromatic heterocycles. The van der Waals surface area contributed by atoms with E-state index in [-0.39, 0.29) is 10.7 Å². The minimum Gasteiger partial charge on any atom is -0.373 e. The third kappa shape index (κ3) is 3.26. The number of hydrogen-bond acceptors (Lipinski definition) is 3. The second-order valence-corrected chi connectivity index (χ2v) is 5.12. The van der Waals surface area contributed by atoms with Crippen molar-refractivity contribution >= 4 is 44.9 Å². The highest BCUT2D eigenvalue weighted by Gasteiger charge is 2.14. The van der Waals surface area contributed by atoms with Crippen LogP contribution in [0.3, 0.4) is 0 Å². The van der Waals surface area contributed by atoms with Gasteiger partial charge in [-0.05, 0) is 40.2 Å². The average Bonchev–Trinajstić information content (AvgIpc) is 2.42. The van der Waals surface area contributed by atoms with Crippen LogP contribution < -0.4 is 10.6 Å². The van der Waals surface area contributed by atoms with Gasteiger partial charge in [0.05, 0.1) is 10.7 Å². The lowest BCUT2D eigenvalue weighted by molar-refractivity contribution is 0.102. The van der Waals surface area contributed by atoms with Crippen LogP contribution in [0.15, 0.2) is 34.8 Å². The van der Waals surface area contributed by atoms with Gasteiger partial charge < -0.3 is 10.6 Å². The fourth-order valence-electron chi connectivity index (χ4n) is 1.54. The first-order valence-corrected chi connectivity index (χ1v) is 6.79. The lowest BCUT2D eigenvalue weighted by atomic mass is 10.2. The molecule has 0 spiro atoms.